The number of carbonyl (C=O) groups excluding carboxylic acids is 1. The number of allylic oxidation sites excluding steroid dienone is 1. The topological polar surface area (TPSA) is 17.1 Å². The molecule has 0 radical (unpaired) electrons. The second-order valence-electron chi connectivity index (χ2n) is 4.42. The van der Waals surface area contributed by atoms with Crippen LogP contribution in [0.15, 0.2) is 61.7 Å². The average molecular weight is 493 g/mol. The normalized spacial score (nSPS) is 10.4. The fourth-order valence-electron chi connectivity index (χ4n) is 1.80. The molecule has 0 N–H and O–H groups in total. The van der Waals surface area contributed by atoms with Crippen molar-refractivity contribution >= 4 is 76.3 Å². The van der Waals surface area contributed by atoms with E-state index < -0.39 is 0 Å². The van der Waals surface area contributed by atoms with Gasteiger partial charge in [-0.05, 0) is 0 Å². The van der Waals surface area contributed by atoms with Crippen molar-refractivity contribution < 1.29 is 4.79 Å². The van der Waals surface area contributed by atoms with E-state index >= 15 is 0 Å². The first-order valence-corrected chi connectivity index (χ1v) is 11.9. The van der Waals surface area contributed by atoms with E-state index in [4.69, 9.17) is 11.6 Å². The van der Waals surface area contributed by atoms with Gasteiger partial charge in [0, 0.05) is 0 Å². The molecule has 0 spiro atoms. The van der Waals surface area contributed by atoms with E-state index in [2.05, 4.69) is 28.1 Å². The molecule has 2 rings (SSSR count). The quantitative estimate of drug-likeness (QED) is 0.313. The number of benzene rings is 2. The van der Waals surface area contributed by atoms with Gasteiger partial charge in [0.2, 0.25) is 0 Å². The molecule has 0 aliphatic rings. The number of ketones is 1. The molecule has 0 aromatic heterocycles. The Morgan fingerprint density at radius 1 is 1.00 bits per heavy atom. The van der Waals surface area contributed by atoms with Crippen molar-refractivity contribution in [3.63, 3.8) is 0 Å². The van der Waals surface area contributed by atoms with Gasteiger partial charge in [-0.2, -0.15) is 0 Å². The molecule has 0 amide bonds. The number of hydrogen-bond acceptors (Lipinski definition) is 3. The first-order valence-electron chi connectivity index (χ1n) is 6.61. The summed E-state index contributed by atoms with van der Waals surface area (Å²) < 4.78 is 4.19. The second-order valence-corrected chi connectivity index (χ2v) is 9.93. The van der Waals surface area contributed by atoms with E-state index in [1.807, 2.05) is 24.6 Å². The van der Waals surface area contributed by atoms with E-state index in [-0.39, 0.29) is 20.7 Å². The molecule has 0 aliphatic carbocycles. The summed E-state index contributed by atoms with van der Waals surface area (Å²) in [4.78, 5) is 13.0. The summed E-state index contributed by atoms with van der Waals surface area (Å²) in [5, 5.41) is 0.639. The van der Waals surface area contributed by atoms with Crippen molar-refractivity contribution in [3.8, 4) is 0 Å². The number of thioether (sulfide) groups is 2. The zero-order valence-electron chi connectivity index (χ0n) is 12.5. The predicted octanol–water partition coefficient (Wildman–Crippen LogP) is 5.21. The molecular weight excluding hydrogens is 479 g/mol. The van der Waals surface area contributed by atoms with E-state index in [0.29, 0.717) is 10.6 Å². The third kappa shape index (κ3) is 5.42. The van der Waals surface area contributed by atoms with Crippen molar-refractivity contribution in [2.75, 3.05) is 12.5 Å². The molecule has 120 valence electrons. The van der Waals surface area contributed by atoms with Crippen molar-refractivity contribution in [2.45, 2.75) is 0 Å². The van der Waals surface area contributed by atoms with Gasteiger partial charge < -0.3 is 0 Å². The molecule has 0 atom stereocenters. The molecule has 1 nitrogen and oxygen atoms in total. The summed E-state index contributed by atoms with van der Waals surface area (Å²) in [6.45, 7) is 0. The minimum absolute atomic E-state index is 0.0429. The summed E-state index contributed by atoms with van der Waals surface area (Å²) >= 11 is 12.6. The van der Waals surface area contributed by atoms with Crippen LogP contribution in [-0.2, 0) is 0 Å². The summed E-state index contributed by atoms with van der Waals surface area (Å²) in [6, 6.07) is 15.3. The molecule has 0 aliphatic heterocycles. The molecule has 0 saturated heterocycles. The van der Waals surface area contributed by atoms with Crippen LogP contribution < -0.4 is 4.46 Å². The van der Waals surface area contributed by atoms with Crippen LogP contribution in [0.25, 0.3) is 0 Å². The van der Waals surface area contributed by atoms with Gasteiger partial charge in [-0.25, -0.2) is 0 Å². The summed E-state index contributed by atoms with van der Waals surface area (Å²) in [5.41, 5.74) is 0.684. The van der Waals surface area contributed by atoms with E-state index in [9.17, 15) is 4.79 Å². The first-order chi connectivity index (χ1) is 11.0. The number of hydrogen-bond donors (Lipinski definition) is 0. The van der Waals surface area contributed by atoms with Gasteiger partial charge >= 0.3 is 166 Å². The van der Waals surface area contributed by atoms with Gasteiger partial charge in [-0.15, -0.1) is 0 Å². The predicted molar refractivity (Wildman–Crippen MR) is 109 cm³/mol. The fraction of sp³-hybridized carbons (Fsp3) is 0.118. The number of Topliss-reactive ketones (excluding diaryl/α,β-unsaturated/α-hetero) is 1. The Hall–Kier alpha value is -0.161. The van der Waals surface area contributed by atoms with E-state index in [1.165, 1.54) is 4.46 Å². The van der Waals surface area contributed by atoms with Crippen molar-refractivity contribution in [3.05, 3.63) is 72.3 Å². The molecule has 2 aromatic rings. The third-order valence-corrected chi connectivity index (χ3v) is 8.73. The average Bonchev–Trinajstić information content (AvgIpc) is 2.57. The Morgan fingerprint density at radius 3 is 2.09 bits per heavy atom. The maximum atomic E-state index is 13.0. The van der Waals surface area contributed by atoms with Crippen molar-refractivity contribution in [1.82, 2.24) is 0 Å². The Kier molecular flexibility index (Phi) is 7.80. The minimum atomic E-state index is -0.0429. The molecule has 2 aromatic carbocycles. The molecule has 0 saturated carbocycles. The molecule has 6 heteroatoms. The molecule has 23 heavy (non-hydrogen) atoms. The summed E-state index contributed by atoms with van der Waals surface area (Å²) in [6.07, 6.45) is 4.03. The fourth-order valence-corrected chi connectivity index (χ4v) is 6.58. The standard InChI is InChI=1S/C17H14BrClOS2Se/c1-21-17(22-2)16(23-14-9-5-12(18)6-10-14)15(20)11-3-7-13(19)8-4-11/h3-10H,1-2H3. The number of carbonyl (C=O) groups is 1. The Balaban J connectivity index is 2.38. The van der Waals surface area contributed by atoms with Crippen LogP contribution in [0.3, 0.4) is 0 Å². The Morgan fingerprint density at radius 2 is 1.57 bits per heavy atom. The first kappa shape index (κ1) is 19.2. The van der Waals surface area contributed by atoms with Crippen LogP contribution in [0, 0.1) is 0 Å². The summed E-state index contributed by atoms with van der Waals surface area (Å²) in [5.74, 6) is 0.0864. The number of halogens is 2. The maximum absolute atomic E-state index is 13.0. The van der Waals surface area contributed by atoms with Crippen LogP contribution in [-0.4, -0.2) is 33.3 Å². The zero-order chi connectivity index (χ0) is 16.8. The van der Waals surface area contributed by atoms with Crippen LogP contribution in [0.2, 0.25) is 5.02 Å². The zero-order valence-corrected chi connectivity index (χ0v) is 18.2. The SMILES string of the molecule is CSC(SC)=C([Se]c1ccc(Br)cc1)C(=O)c1ccc(Cl)cc1. The Bertz CT molecular complexity index is 708. The van der Waals surface area contributed by atoms with Gasteiger partial charge in [-0.1, -0.05) is 0 Å². The Labute approximate surface area is 164 Å². The monoisotopic (exact) mass is 492 g/mol. The van der Waals surface area contributed by atoms with Crippen LogP contribution in [0.1, 0.15) is 10.4 Å². The summed E-state index contributed by atoms with van der Waals surface area (Å²) in [7, 11) is 0. The number of rotatable bonds is 6. The van der Waals surface area contributed by atoms with E-state index in [0.717, 1.165) is 13.2 Å². The van der Waals surface area contributed by atoms with Crippen LogP contribution in [0.4, 0.5) is 0 Å². The molecule has 0 bridgehead atoms. The molecule has 0 unspecified atom stereocenters. The van der Waals surface area contributed by atoms with Crippen molar-refractivity contribution in [1.29, 1.82) is 0 Å². The molecule has 0 fully saturated rings. The van der Waals surface area contributed by atoms with Gasteiger partial charge in [0.1, 0.15) is 0 Å². The van der Waals surface area contributed by atoms with Crippen molar-refractivity contribution in [2.24, 2.45) is 0 Å². The van der Waals surface area contributed by atoms with Gasteiger partial charge in [0.05, 0.1) is 0 Å². The molecule has 0 heterocycles. The van der Waals surface area contributed by atoms with Gasteiger partial charge in [0.25, 0.3) is 0 Å². The molecular formula is C17H14BrClOS2Se. The van der Waals surface area contributed by atoms with Crippen LogP contribution in [0.5, 0.6) is 0 Å². The van der Waals surface area contributed by atoms with Crippen LogP contribution >= 0.6 is 51.1 Å². The van der Waals surface area contributed by atoms with Gasteiger partial charge in [0.15, 0.2) is 0 Å². The van der Waals surface area contributed by atoms with Gasteiger partial charge in [-0.3, -0.25) is 0 Å². The van der Waals surface area contributed by atoms with E-state index in [1.54, 1.807) is 47.8 Å². The third-order valence-electron chi connectivity index (χ3n) is 2.90. The second kappa shape index (κ2) is 9.36.